The number of carboxylic acids is 1. The molecule has 0 aromatic heterocycles. The van der Waals surface area contributed by atoms with Crippen LogP contribution in [0, 0.1) is 11.7 Å². The predicted octanol–water partition coefficient (Wildman–Crippen LogP) is 5.03. The minimum Gasteiger partial charge on any atom is -0.496 e. The Labute approximate surface area is 247 Å². The number of halogens is 2. The highest BCUT2D eigenvalue weighted by atomic mass is 35.5. The van der Waals surface area contributed by atoms with Gasteiger partial charge in [-0.2, -0.15) is 0 Å². The summed E-state index contributed by atoms with van der Waals surface area (Å²) in [6.07, 6.45) is 0.542. The monoisotopic (exact) mass is 596 g/mol. The van der Waals surface area contributed by atoms with E-state index in [0.29, 0.717) is 34.1 Å². The van der Waals surface area contributed by atoms with Gasteiger partial charge in [0.25, 0.3) is 0 Å². The molecule has 1 heterocycles. The molecule has 1 aliphatic heterocycles. The summed E-state index contributed by atoms with van der Waals surface area (Å²) in [4.78, 5) is 49.8. The maximum absolute atomic E-state index is 14.4. The third kappa shape index (κ3) is 7.35. The Morgan fingerprint density at radius 1 is 1.17 bits per heavy atom. The third-order valence-electron chi connectivity index (χ3n) is 6.74. The molecular weight excluding hydrogens is 567 g/mol. The van der Waals surface area contributed by atoms with E-state index in [1.165, 1.54) is 13.2 Å². The number of para-hydroxylation sites is 1. The number of rotatable bonds is 9. The number of hydroxylamine groups is 1. The molecule has 0 saturated heterocycles. The average molecular weight is 597 g/mol. The van der Waals surface area contributed by atoms with E-state index in [0.717, 1.165) is 17.0 Å². The van der Waals surface area contributed by atoms with Gasteiger partial charge in [-0.3, -0.25) is 14.7 Å². The van der Waals surface area contributed by atoms with Gasteiger partial charge in [0, 0.05) is 5.02 Å². The van der Waals surface area contributed by atoms with E-state index in [1.54, 1.807) is 49.4 Å². The second kappa shape index (κ2) is 13.8. The largest absolute Gasteiger partial charge is 0.496 e. The molecule has 0 radical (unpaired) electrons. The Balaban J connectivity index is 1.59. The van der Waals surface area contributed by atoms with Gasteiger partial charge in [0.1, 0.15) is 11.6 Å². The van der Waals surface area contributed by atoms with Gasteiger partial charge in [0.2, 0.25) is 5.91 Å². The van der Waals surface area contributed by atoms with Gasteiger partial charge < -0.3 is 20.0 Å². The van der Waals surface area contributed by atoms with Gasteiger partial charge >= 0.3 is 12.0 Å². The lowest BCUT2D eigenvalue weighted by Gasteiger charge is -2.26. The predicted molar refractivity (Wildman–Crippen MR) is 154 cm³/mol. The SMILES string of the molecule is CCC(NC(=O)N1CC(NOc2ccccc2)=NC[C@@H](Cc2cc(Cl)ccc2OC)C1=O)c1ccc(C(=O)O)c(F)c1. The molecule has 0 saturated carbocycles. The van der Waals surface area contributed by atoms with Gasteiger partial charge in [-0.15, -0.1) is 0 Å². The lowest BCUT2D eigenvalue weighted by molar-refractivity contribution is -0.131. The average Bonchev–Trinajstić information content (AvgIpc) is 3.13. The normalized spacial score (nSPS) is 15.7. The molecule has 10 nitrogen and oxygen atoms in total. The van der Waals surface area contributed by atoms with E-state index in [1.807, 2.05) is 6.07 Å². The number of ether oxygens (including phenoxy) is 1. The summed E-state index contributed by atoms with van der Waals surface area (Å²) in [6, 6.07) is 16.2. The van der Waals surface area contributed by atoms with Crippen LogP contribution in [0.1, 0.15) is 40.9 Å². The van der Waals surface area contributed by atoms with Crippen LogP contribution in [-0.2, 0) is 11.2 Å². The standard InChI is InChI=1S/C30H30ClFN4O6/c1-3-25(18-9-11-23(29(38)39)24(32)15-18)34-30(40)36-17-27(35-42-22-7-5-4-6-8-22)33-16-20(28(36)37)13-19-14-21(31)10-12-26(19)41-2/h4-12,14-15,20,25H,3,13,16-17H2,1-2H3,(H,33,35)(H,34,40)(H,38,39)/t20-,25?/m1/s1. The number of urea groups is 1. The Hall–Kier alpha value is -4.64. The molecule has 0 bridgehead atoms. The van der Waals surface area contributed by atoms with Crippen LogP contribution < -0.4 is 20.4 Å². The van der Waals surface area contributed by atoms with Crippen molar-refractivity contribution in [1.29, 1.82) is 0 Å². The van der Waals surface area contributed by atoms with Crippen LogP contribution in [0.5, 0.6) is 11.5 Å². The zero-order valence-corrected chi connectivity index (χ0v) is 23.7. The Bertz CT molecular complexity index is 1490. The number of carbonyl (C=O) groups excluding carboxylic acids is 2. The van der Waals surface area contributed by atoms with E-state index < -0.39 is 41.2 Å². The highest BCUT2D eigenvalue weighted by molar-refractivity contribution is 6.30. The van der Waals surface area contributed by atoms with Crippen molar-refractivity contribution in [2.45, 2.75) is 25.8 Å². The fraction of sp³-hybridized carbons (Fsp3) is 0.267. The molecule has 1 aliphatic rings. The van der Waals surface area contributed by atoms with Crippen LogP contribution in [0.25, 0.3) is 0 Å². The molecule has 220 valence electrons. The van der Waals surface area contributed by atoms with Crippen molar-refractivity contribution >= 4 is 35.3 Å². The topological polar surface area (TPSA) is 130 Å². The van der Waals surface area contributed by atoms with Crippen molar-refractivity contribution in [2.24, 2.45) is 10.9 Å². The molecular formula is C30H30ClFN4O6. The minimum atomic E-state index is -1.40. The number of benzene rings is 3. The number of amides is 3. The summed E-state index contributed by atoms with van der Waals surface area (Å²) in [5.74, 6) is -2.27. The summed E-state index contributed by atoms with van der Waals surface area (Å²) in [7, 11) is 1.51. The molecule has 0 spiro atoms. The van der Waals surface area contributed by atoms with E-state index in [9.17, 15) is 18.8 Å². The van der Waals surface area contributed by atoms with Crippen LogP contribution in [0.2, 0.25) is 5.02 Å². The summed E-state index contributed by atoms with van der Waals surface area (Å²) >= 11 is 6.20. The lowest BCUT2D eigenvalue weighted by atomic mass is 9.97. The number of amidine groups is 1. The number of aromatic carboxylic acids is 1. The van der Waals surface area contributed by atoms with Crippen LogP contribution in [-0.4, -0.2) is 53.9 Å². The summed E-state index contributed by atoms with van der Waals surface area (Å²) < 4.78 is 19.9. The highest BCUT2D eigenvalue weighted by Gasteiger charge is 2.34. The summed E-state index contributed by atoms with van der Waals surface area (Å²) in [5.41, 5.74) is 3.30. The third-order valence-corrected chi connectivity index (χ3v) is 6.98. The molecule has 42 heavy (non-hydrogen) atoms. The Morgan fingerprint density at radius 3 is 2.60 bits per heavy atom. The zero-order chi connectivity index (χ0) is 30.2. The van der Waals surface area contributed by atoms with Crippen LogP contribution in [0.15, 0.2) is 71.7 Å². The number of carbonyl (C=O) groups is 3. The molecule has 4 rings (SSSR count). The molecule has 3 aromatic rings. The quantitative estimate of drug-likeness (QED) is 0.295. The molecule has 0 fully saturated rings. The van der Waals surface area contributed by atoms with Crippen LogP contribution in [0.3, 0.4) is 0 Å². The zero-order valence-electron chi connectivity index (χ0n) is 23.0. The second-order valence-corrected chi connectivity index (χ2v) is 9.98. The van der Waals surface area contributed by atoms with Gasteiger partial charge in [-0.1, -0.05) is 42.8 Å². The maximum Gasteiger partial charge on any atom is 0.338 e. The van der Waals surface area contributed by atoms with Crippen molar-refractivity contribution in [1.82, 2.24) is 15.7 Å². The van der Waals surface area contributed by atoms with Gasteiger partial charge in [-0.05, 0) is 66.4 Å². The van der Waals surface area contributed by atoms with Crippen molar-refractivity contribution in [3.05, 3.63) is 94.3 Å². The lowest BCUT2D eigenvalue weighted by Crippen LogP contribution is -2.50. The van der Waals surface area contributed by atoms with E-state index in [4.69, 9.17) is 26.3 Å². The Morgan fingerprint density at radius 2 is 1.93 bits per heavy atom. The smallest absolute Gasteiger partial charge is 0.338 e. The highest BCUT2D eigenvalue weighted by Crippen LogP contribution is 2.27. The summed E-state index contributed by atoms with van der Waals surface area (Å²) in [6.45, 7) is 1.61. The second-order valence-electron chi connectivity index (χ2n) is 9.54. The summed E-state index contributed by atoms with van der Waals surface area (Å²) in [5, 5.41) is 12.4. The first-order valence-electron chi connectivity index (χ1n) is 13.2. The van der Waals surface area contributed by atoms with Gasteiger partial charge in [0.05, 0.1) is 37.7 Å². The number of carboxylic acid groups (broad SMARTS) is 1. The van der Waals surface area contributed by atoms with Crippen molar-refractivity contribution in [3.8, 4) is 11.5 Å². The molecule has 3 amide bonds. The van der Waals surface area contributed by atoms with Crippen LogP contribution >= 0.6 is 11.6 Å². The van der Waals surface area contributed by atoms with Crippen molar-refractivity contribution in [3.63, 3.8) is 0 Å². The number of nitrogens with one attached hydrogen (secondary N) is 2. The fourth-order valence-corrected chi connectivity index (χ4v) is 4.73. The molecule has 12 heteroatoms. The minimum absolute atomic E-state index is 0.0534. The van der Waals surface area contributed by atoms with Crippen LogP contribution in [0.4, 0.5) is 9.18 Å². The molecule has 0 aliphatic carbocycles. The van der Waals surface area contributed by atoms with E-state index in [-0.39, 0.29) is 25.3 Å². The molecule has 1 unspecified atom stereocenters. The first-order valence-corrected chi connectivity index (χ1v) is 13.6. The fourth-order valence-electron chi connectivity index (χ4n) is 4.53. The number of aliphatic imine (C=N–C) groups is 1. The molecule has 3 aromatic carbocycles. The van der Waals surface area contributed by atoms with E-state index >= 15 is 0 Å². The number of hydrogen-bond donors (Lipinski definition) is 3. The number of methoxy groups -OCH3 is 1. The first-order chi connectivity index (χ1) is 20.2. The van der Waals surface area contributed by atoms with Crippen molar-refractivity contribution < 1.29 is 33.5 Å². The Kier molecular flexibility index (Phi) is 9.98. The number of imide groups is 1. The van der Waals surface area contributed by atoms with E-state index in [2.05, 4.69) is 15.8 Å². The first kappa shape index (κ1) is 30.3. The van der Waals surface area contributed by atoms with Crippen molar-refractivity contribution in [2.75, 3.05) is 20.2 Å². The van der Waals surface area contributed by atoms with Gasteiger partial charge in [0.15, 0.2) is 11.6 Å². The molecule has 2 atom stereocenters. The number of hydrogen-bond acceptors (Lipinski definition) is 7. The van der Waals surface area contributed by atoms with Gasteiger partial charge in [-0.25, -0.2) is 19.5 Å². The maximum atomic E-state index is 14.4. The number of nitrogens with zero attached hydrogens (tertiary/aromatic N) is 2. The molecule has 3 N–H and O–H groups in total.